The van der Waals surface area contributed by atoms with Crippen molar-refractivity contribution in [1.29, 1.82) is 0 Å². The first-order chi connectivity index (χ1) is 22.8. The van der Waals surface area contributed by atoms with Gasteiger partial charge < -0.3 is 20.5 Å². The van der Waals surface area contributed by atoms with Crippen molar-refractivity contribution in [3.05, 3.63) is 88.3 Å². The van der Waals surface area contributed by atoms with Crippen molar-refractivity contribution in [1.82, 2.24) is 19.5 Å². The number of hydrogen-bond acceptors (Lipinski definition) is 7. The fraction of sp³-hybridized carbons (Fsp3) is 0.441. The Labute approximate surface area is 285 Å². The number of anilines is 1. The number of likely N-dealkylation sites (N-methyl/N-ethyl adjacent to an activating group) is 1. The molecule has 5 rings (SSSR count). The van der Waals surface area contributed by atoms with Crippen LogP contribution >= 0.6 is 11.6 Å². The smallest absolute Gasteiger partial charge is 0.407 e. The van der Waals surface area contributed by atoms with Crippen LogP contribution in [0, 0.1) is 5.82 Å². The number of ether oxygens (including phenoxy) is 1. The maximum absolute atomic E-state index is 15.4. The Morgan fingerprint density at radius 2 is 1.90 bits per heavy atom. The van der Waals surface area contributed by atoms with Crippen LogP contribution in [-0.4, -0.2) is 89.8 Å². The monoisotopic (exact) mass is 701 g/mol. The second kappa shape index (κ2) is 15.2. The maximum atomic E-state index is 15.4. The van der Waals surface area contributed by atoms with E-state index in [1.165, 1.54) is 19.2 Å². The highest BCUT2D eigenvalue weighted by Gasteiger charge is 2.39. The van der Waals surface area contributed by atoms with Gasteiger partial charge in [0.1, 0.15) is 11.9 Å². The molecule has 2 saturated heterocycles. The van der Waals surface area contributed by atoms with Crippen molar-refractivity contribution in [3.63, 3.8) is 0 Å². The number of halogens is 2. The highest BCUT2D eigenvalue weighted by Crippen LogP contribution is 2.34. The molecule has 0 aliphatic carbocycles. The lowest BCUT2D eigenvalue weighted by atomic mass is 9.84. The molecule has 11 nitrogen and oxygen atoms in total. The van der Waals surface area contributed by atoms with E-state index in [0.29, 0.717) is 48.0 Å². The number of hydrogen-bond donors (Lipinski definition) is 3. The lowest BCUT2D eigenvalue weighted by Crippen LogP contribution is -2.57. The Balaban J connectivity index is 1.46. The molecule has 258 valence electrons. The number of carbonyl (C=O) groups is 2. The molecular formula is C34H41ClFN5O6S. The molecular weight excluding hydrogens is 661 g/mol. The van der Waals surface area contributed by atoms with Gasteiger partial charge in [0.2, 0.25) is 21.8 Å². The third-order valence-corrected chi connectivity index (χ3v) is 11.1. The SMILES string of the molecule is CC(C)Oc1ccc([C@H](c2ccc(Cl)cc2)[C@@H](C(=O)Nc2cccc(F)c2CCC2CNC3CCCS(=O)(=O)N2C3)N(C)C(=O)O)cn1. The normalized spacial score (nSPS) is 21.5. The van der Waals surface area contributed by atoms with Gasteiger partial charge in [-0.15, -0.1) is 0 Å². The minimum atomic E-state index is -3.44. The second-order valence-electron chi connectivity index (χ2n) is 12.5. The largest absolute Gasteiger partial charge is 0.475 e. The first-order valence-electron chi connectivity index (χ1n) is 16.0. The summed E-state index contributed by atoms with van der Waals surface area (Å²) in [6, 6.07) is 12.8. The summed E-state index contributed by atoms with van der Waals surface area (Å²) in [5.74, 6) is -1.63. The Morgan fingerprint density at radius 3 is 2.56 bits per heavy atom. The van der Waals surface area contributed by atoms with Crippen LogP contribution < -0.4 is 15.4 Å². The van der Waals surface area contributed by atoms with Crippen LogP contribution in [0.1, 0.15) is 55.7 Å². The van der Waals surface area contributed by atoms with E-state index < -0.39 is 39.8 Å². The number of amides is 2. The topological polar surface area (TPSA) is 141 Å². The van der Waals surface area contributed by atoms with E-state index in [-0.39, 0.29) is 41.6 Å². The Morgan fingerprint density at radius 1 is 1.17 bits per heavy atom. The van der Waals surface area contributed by atoms with Crippen LogP contribution in [0.5, 0.6) is 5.88 Å². The molecule has 3 aromatic rings. The van der Waals surface area contributed by atoms with Gasteiger partial charge in [0.05, 0.1) is 11.9 Å². The number of carboxylic acid groups (broad SMARTS) is 1. The maximum Gasteiger partial charge on any atom is 0.407 e. The molecule has 1 aromatic heterocycles. The highest BCUT2D eigenvalue weighted by atomic mass is 35.5. The molecule has 48 heavy (non-hydrogen) atoms. The molecule has 2 aliphatic heterocycles. The van der Waals surface area contributed by atoms with Crippen molar-refractivity contribution in [3.8, 4) is 5.88 Å². The summed E-state index contributed by atoms with van der Waals surface area (Å²) < 4.78 is 48.6. The van der Waals surface area contributed by atoms with Crippen molar-refractivity contribution in [2.75, 3.05) is 31.2 Å². The quantitative estimate of drug-likeness (QED) is 0.251. The molecule has 3 N–H and O–H groups in total. The third kappa shape index (κ3) is 8.25. The molecule has 2 fully saturated rings. The number of carbonyl (C=O) groups excluding carboxylic acids is 1. The van der Waals surface area contributed by atoms with Crippen molar-refractivity contribution in [2.24, 2.45) is 0 Å². The number of pyridine rings is 1. The van der Waals surface area contributed by atoms with E-state index in [4.69, 9.17) is 16.3 Å². The number of sulfonamides is 1. The Kier molecular flexibility index (Phi) is 11.2. The molecule has 2 aliphatic rings. The van der Waals surface area contributed by atoms with Crippen LogP contribution in [0.3, 0.4) is 0 Å². The van der Waals surface area contributed by atoms with E-state index >= 15 is 4.39 Å². The van der Waals surface area contributed by atoms with E-state index in [9.17, 15) is 23.1 Å². The van der Waals surface area contributed by atoms with Crippen LogP contribution in [0.4, 0.5) is 14.9 Å². The molecule has 5 atom stereocenters. The lowest BCUT2D eigenvalue weighted by Gasteiger charge is -2.37. The summed E-state index contributed by atoms with van der Waals surface area (Å²) >= 11 is 6.18. The summed E-state index contributed by atoms with van der Waals surface area (Å²) in [5.41, 5.74) is 1.53. The van der Waals surface area contributed by atoms with Gasteiger partial charge in [0, 0.05) is 66.7 Å². The van der Waals surface area contributed by atoms with Crippen LogP contribution in [0.25, 0.3) is 0 Å². The second-order valence-corrected chi connectivity index (χ2v) is 15.0. The fourth-order valence-corrected chi connectivity index (χ4v) is 8.41. The van der Waals surface area contributed by atoms with Gasteiger partial charge in [-0.05, 0) is 74.9 Å². The predicted octanol–water partition coefficient (Wildman–Crippen LogP) is 5.11. The number of fused-ring (bicyclic) bond motifs is 2. The Bertz CT molecular complexity index is 1710. The van der Waals surface area contributed by atoms with Gasteiger partial charge in [0.25, 0.3) is 0 Å². The minimum absolute atomic E-state index is 0.0823. The van der Waals surface area contributed by atoms with E-state index in [1.54, 1.807) is 53.0 Å². The molecule has 14 heteroatoms. The predicted molar refractivity (Wildman–Crippen MR) is 182 cm³/mol. The third-order valence-electron chi connectivity index (χ3n) is 8.87. The van der Waals surface area contributed by atoms with Crippen LogP contribution in [0.15, 0.2) is 60.8 Å². The zero-order valence-corrected chi connectivity index (χ0v) is 28.7. The minimum Gasteiger partial charge on any atom is -0.475 e. The average molecular weight is 702 g/mol. The van der Waals surface area contributed by atoms with Crippen molar-refractivity contribution >= 4 is 39.3 Å². The summed E-state index contributed by atoms with van der Waals surface area (Å²) in [4.78, 5) is 32.0. The van der Waals surface area contributed by atoms with Crippen molar-refractivity contribution < 1.29 is 32.2 Å². The van der Waals surface area contributed by atoms with Crippen LogP contribution in [0.2, 0.25) is 5.02 Å². The van der Waals surface area contributed by atoms with E-state index in [0.717, 1.165) is 11.3 Å². The average Bonchev–Trinajstić information content (AvgIpc) is 3.15. The first kappa shape index (κ1) is 35.5. The molecule has 2 bridgehead atoms. The standard InChI is InChI=1S/C34H41ClFN5O6S/c1-21(2)47-30-16-11-23(18-38-30)31(22-9-12-24(35)13-10-22)32(40(3)34(43)44)33(42)39-29-8-4-7-28(36)27(29)15-14-26-19-37-25-6-5-17-48(45,46)41(26)20-25/h4,7-13,16,18,21,25-26,31-32,37H,5-6,14-15,17,19-20H2,1-3H3,(H,39,42)(H,43,44)/t25?,26?,31-,32-/m0/s1. The fourth-order valence-electron chi connectivity index (χ4n) is 6.48. The summed E-state index contributed by atoms with van der Waals surface area (Å²) in [7, 11) is -2.14. The van der Waals surface area contributed by atoms with Gasteiger partial charge in [-0.1, -0.05) is 35.9 Å². The number of nitrogens with one attached hydrogen (secondary N) is 2. The van der Waals surface area contributed by atoms with Gasteiger partial charge >= 0.3 is 6.09 Å². The summed E-state index contributed by atoms with van der Waals surface area (Å²) in [6.07, 6.45) is 1.91. The number of nitrogens with zero attached hydrogens (tertiary/aromatic N) is 3. The lowest BCUT2D eigenvalue weighted by molar-refractivity contribution is -0.120. The summed E-state index contributed by atoms with van der Waals surface area (Å²) in [5, 5.41) is 16.8. The number of aromatic nitrogens is 1. The first-order valence-corrected chi connectivity index (χ1v) is 18.0. The van der Waals surface area contributed by atoms with Crippen LogP contribution in [-0.2, 0) is 21.2 Å². The van der Waals surface area contributed by atoms with Gasteiger partial charge in [-0.2, -0.15) is 4.31 Å². The highest BCUT2D eigenvalue weighted by molar-refractivity contribution is 7.89. The van der Waals surface area contributed by atoms with Gasteiger partial charge in [-0.3, -0.25) is 9.69 Å². The van der Waals surface area contributed by atoms with Gasteiger partial charge in [0.15, 0.2) is 0 Å². The zero-order chi connectivity index (χ0) is 34.6. The number of piperazine rings is 1. The molecule has 3 unspecified atom stereocenters. The molecule has 3 heterocycles. The molecule has 0 spiro atoms. The number of rotatable bonds is 11. The number of benzene rings is 2. The van der Waals surface area contributed by atoms with E-state index in [1.807, 2.05) is 13.8 Å². The molecule has 0 saturated carbocycles. The molecule has 2 amide bonds. The Hall–Kier alpha value is -3.78. The molecule has 2 aromatic carbocycles. The van der Waals surface area contributed by atoms with Gasteiger partial charge in [-0.25, -0.2) is 22.6 Å². The summed E-state index contributed by atoms with van der Waals surface area (Å²) in [6.45, 7) is 4.56. The van der Waals surface area contributed by atoms with E-state index in [2.05, 4.69) is 15.6 Å². The van der Waals surface area contributed by atoms with Crippen molar-refractivity contribution in [2.45, 2.75) is 69.7 Å². The molecule has 0 radical (unpaired) electrons. The zero-order valence-electron chi connectivity index (χ0n) is 27.1.